The molecule has 32 heavy (non-hydrogen) atoms. The zero-order valence-corrected chi connectivity index (χ0v) is 19.9. The second kappa shape index (κ2) is 10.2. The number of rotatable bonds is 9. The molecule has 0 unspecified atom stereocenters. The molecule has 8 nitrogen and oxygen atoms in total. The molecule has 0 atom stereocenters. The predicted octanol–water partition coefficient (Wildman–Crippen LogP) is 3.20. The van der Waals surface area contributed by atoms with Crippen molar-refractivity contribution in [2.45, 2.75) is 38.6 Å². The van der Waals surface area contributed by atoms with Gasteiger partial charge in [-0.05, 0) is 18.1 Å². The lowest BCUT2D eigenvalue weighted by atomic mass is 10.1. The number of thiazole rings is 1. The highest BCUT2D eigenvalue weighted by Crippen LogP contribution is 2.25. The van der Waals surface area contributed by atoms with Gasteiger partial charge in [-0.2, -0.15) is 4.31 Å². The summed E-state index contributed by atoms with van der Waals surface area (Å²) in [5, 5.41) is 4.94. The van der Waals surface area contributed by atoms with Gasteiger partial charge >= 0.3 is 0 Å². The van der Waals surface area contributed by atoms with Crippen molar-refractivity contribution in [1.82, 2.24) is 13.9 Å². The van der Waals surface area contributed by atoms with Crippen molar-refractivity contribution in [1.29, 1.82) is 0 Å². The van der Waals surface area contributed by atoms with Crippen molar-refractivity contribution in [3.8, 4) is 11.3 Å². The van der Waals surface area contributed by atoms with Crippen LogP contribution in [0.2, 0.25) is 0 Å². The number of carbonyl (C=O) groups excluding carboxylic acids is 1. The molecule has 1 aromatic carbocycles. The Kier molecular flexibility index (Phi) is 7.60. The van der Waals surface area contributed by atoms with E-state index in [0.717, 1.165) is 28.3 Å². The number of hydrogen-bond donors (Lipinski definition) is 1. The lowest BCUT2D eigenvalue weighted by Crippen LogP contribution is -2.33. The van der Waals surface area contributed by atoms with Crippen LogP contribution >= 0.6 is 11.3 Å². The monoisotopic (exact) mass is 474 g/mol. The van der Waals surface area contributed by atoms with Crippen LogP contribution in [0.15, 0.2) is 57.7 Å². The molecule has 0 aliphatic heterocycles. The summed E-state index contributed by atoms with van der Waals surface area (Å²) in [6, 6.07) is 10.5. The Hall–Kier alpha value is -2.82. The van der Waals surface area contributed by atoms with Crippen molar-refractivity contribution in [3.63, 3.8) is 0 Å². The molecule has 0 radical (unpaired) electrons. The minimum atomic E-state index is -3.74. The van der Waals surface area contributed by atoms with E-state index in [1.807, 2.05) is 29.6 Å². The molecule has 0 fully saturated rings. The number of amides is 1. The Morgan fingerprint density at radius 1 is 1.09 bits per heavy atom. The van der Waals surface area contributed by atoms with Gasteiger partial charge in [0.1, 0.15) is 6.54 Å². The Morgan fingerprint density at radius 3 is 2.41 bits per heavy atom. The first kappa shape index (κ1) is 23.8. The topological polar surface area (TPSA) is 101 Å². The van der Waals surface area contributed by atoms with Gasteiger partial charge in [0.25, 0.3) is 5.56 Å². The van der Waals surface area contributed by atoms with E-state index in [0.29, 0.717) is 18.2 Å². The third-order valence-corrected chi connectivity index (χ3v) is 7.81. The van der Waals surface area contributed by atoms with Crippen LogP contribution in [0.1, 0.15) is 26.3 Å². The summed E-state index contributed by atoms with van der Waals surface area (Å²) in [5.74, 6) is -0.466. The molecular weight excluding hydrogens is 448 g/mol. The first-order chi connectivity index (χ1) is 15.3. The van der Waals surface area contributed by atoms with E-state index in [2.05, 4.69) is 17.2 Å². The number of benzene rings is 1. The SMILES string of the molecule is CCc1ccc(-c2csc(NC(=O)Cn3cc(S(=O)(=O)N(CC)CC)ccc3=O)n2)cc1. The van der Waals surface area contributed by atoms with E-state index < -0.39 is 21.5 Å². The largest absolute Gasteiger partial charge is 0.305 e. The highest BCUT2D eigenvalue weighted by molar-refractivity contribution is 7.89. The molecule has 0 aliphatic rings. The lowest BCUT2D eigenvalue weighted by Gasteiger charge is -2.18. The number of carbonyl (C=O) groups is 1. The summed E-state index contributed by atoms with van der Waals surface area (Å²) in [4.78, 5) is 29.1. The van der Waals surface area contributed by atoms with Gasteiger partial charge in [0, 0.05) is 36.3 Å². The number of aryl methyl sites for hydroxylation is 1. The average molecular weight is 475 g/mol. The van der Waals surface area contributed by atoms with Crippen molar-refractivity contribution in [2.75, 3.05) is 18.4 Å². The molecule has 3 aromatic rings. The standard InChI is InChI=1S/C22H26N4O4S2/c1-4-16-7-9-17(10-8-16)19-15-31-22(23-19)24-20(27)14-25-13-18(11-12-21(25)28)32(29,30)26(5-2)6-3/h7-13,15H,4-6,14H2,1-3H3,(H,23,24,27). The van der Waals surface area contributed by atoms with E-state index in [1.54, 1.807) is 13.8 Å². The first-order valence-corrected chi connectivity index (χ1v) is 12.7. The van der Waals surface area contributed by atoms with Gasteiger partial charge in [0.2, 0.25) is 15.9 Å². The van der Waals surface area contributed by atoms with Crippen LogP contribution < -0.4 is 10.9 Å². The normalized spacial score (nSPS) is 11.6. The fraction of sp³-hybridized carbons (Fsp3) is 0.318. The third-order valence-electron chi connectivity index (χ3n) is 5.02. The van der Waals surface area contributed by atoms with Crippen LogP contribution in [-0.4, -0.2) is 41.3 Å². The molecule has 10 heteroatoms. The number of nitrogens with zero attached hydrogens (tertiary/aromatic N) is 3. The Bertz CT molecular complexity index is 1240. The van der Waals surface area contributed by atoms with Gasteiger partial charge in [0.05, 0.1) is 10.6 Å². The Labute approximate surface area is 191 Å². The van der Waals surface area contributed by atoms with Gasteiger partial charge < -0.3 is 9.88 Å². The van der Waals surface area contributed by atoms with Crippen LogP contribution in [0.25, 0.3) is 11.3 Å². The number of nitrogens with one attached hydrogen (secondary N) is 1. The summed E-state index contributed by atoms with van der Waals surface area (Å²) in [7, 11) is -3.74. The Balaban J connectivity index is 1.74. The third kappa shape index (κ3) is 5.32. The zero-order chi connectivity index (χ0) is 23.3. The summed E-state index contributed by atoms with van der Waals surface area (Å²) < 4.78 is 27.8. The molecule has 2 heterocycles. The van der Waals surface area contributed by atoms with Gasteiger partial charge in [-0.15, -0.1) is 11.3 Å². The number of anilines is 1. The predicted molar refractivity (Wildman–Crippen MR) is 126 cm³/mol. The van der Waals surface area contributed by atoms with Crippen LogP contribution in [-0.2, 0) is 27.8 Å². The molecule has 0 bridgehead atoms. The van der Waals surface area contributed by atoms with E-state index in [1.165, 1.54) is 33.5 Å². The molecule has 1 N–H and O–H groups in total. The molecule has 1 amide bonds. The molecule has 2 aromatic heterocycles. The number of pyridine rings is 1. The smallest absolute Gasteiger partial charge is 0.251 e. The minimum Gasteiger partial charge on any atom is -0.305 e. The van der Waals surface area contributed by atoms with E-state index in [9.17, 15) is 18.0 Å². The second-order valence-electron chi connectivity index (χ2n) is 7.06. The van der Waals surface area contributed by atoms with Crippen molar-refractivity contribution < 1.29 is 13.2 Å². The molecule has 170 valence electrons. The molecule has 0 aliphatic carbocycles. The first-order valence-electron chi connectivity index (χ1n) is 10.3. The quantitative estimate of drug-likeness (QED) is 0.513. The van der Waals surface area contributed by atoms with Crippen molar-refractivity contribution >= 4 is 32.4 Å². The average Bonchev–Trinajstić information content (AvgIpc) is 3.24. The van der Waals surface area contributed by atoms with E-state index in [4.69, 9.17) is 0 Å². The molecule has 0 saturated carbocycles. The zero-order valence-electron chi connectivity index (χ0n) is 18.2. The maximum absolute atomic E-state index is 12.7. The van der Waals surface area contributed by atoms with Crippen LogP contribution in [0.4, 0.5) is 5.13 Å². The van der Waals surface area contributed by atoms with Gasteiger partial charge in [-0.25, -0.2) is 13.4 Å². The minimum absolute atomic E-state index is 0.0272. The summed E-state index contributed by atoms with van der Waals surface area (Å²) in [5.41, 5.74) is 2.46. The maximum Gasteiger partial charge on any atom is 0.251 e. The second-order valence-corrected chi connectivity index (χ2v) is 9.85. The van der Waals surface area contributed by atoms with E-state index >= 15 is 0 Å². The fourth-order valence-corrected chi connectivity index (χ4v) is 5.40. The summed E-state index contributed by atoms with van der Waals surface area (Å²) in [6.45, 7) is 5.88. The molecular formula is C22H26N4O4S2. The Morgan fingerprint density at radius 2 is 1.78 bits per heavy atom. The van der Waals surface area contributed by atoms with E-state index in [-0.39, 0.29) is 11.4 Å². The highest BCUT2D eigenvalue weighted by atomic mass is 32.2. The van der Waals surface area contributed by atoms with Crippen LogP contribution in [0.5, 0.6) is 0 Å². The maximum atomic E-state index is 12.7. The fourth-order valence-electron chi connectivity index (χ4n) is 3.19. The number of sulfonamides is 1. The van der Waals surface area contributed by atoms with Crippen molar-refractivity contribution in [2.24, 2.45) is 0 Å². The number of aromatic nitrogens is 2. The van der Waals surface area contributed by atoms with Crippen LogP contribution in [0, 0.1) is 0 Å². The van der Waals surface area contributed by atoms with Crippen LogP contribution in [0.3, 0.4) is 0 Å². The van der Waals surface area contributed by atoms with Gasteiger partial charge in [0.15, 0.2) is 5.13 Å². The van der Waals surface area contributed by atoms with Crippen molar-refractivity contribution in [3.05, 3.63) is 63.9 Å². The molecule has 0 spiro atoms. The highest BCUT2D eigenvalue weighted by Gasteiger charge is 2.22. The summed E-state index contributed by atoms with van der Waals surface area (Å²) in [6.07, 6.45) is 2.16. The molecule has 3 rings (SSSR count). The number of hydrogen-bond acceptors (Lipinski definition) is 6. The lowest BCUT2D eigenvalue weighted by molar-refractivity contribution is -0.116. The molecule has 0 saturated heterocycles. The summed E-state index contributed by atoms with van der Waals surface area (Å²) >= 11 is 1.28. The van der Waals surface area contributed by atoms with Gasteiger partial charge in [-0.3, -0.25) is 9.59 Å². The van der Waals surface area contributed by atoms with Gasteiger partial charge in [-0.1, -0.05) is 45.0 Å².